The number of anilines is 1. The molecular weight excluding hydrogens is 378 g/mol. The Balaban J connectivity index is 1.62. The lowest BCUT2D eigenvalue weighted by Crippen LogP contribution is -2.25. The summed E-state index contributed by atoms with van der Waals surface area (Å²) in [5.74, 6) is -0.180. The first-order chi connectivity index (χ1) is 13.4. The van der Waals surface area contributed by atoms with E-state index in [-0.39, 0.29) is 11.6 Å². The van der Waals surface area contributed by atoms with E-state index < -0.39 is 10.2 Å². The zero-order valence-electron chi connectivity index (χ0n) is 15.4. The van der Waals surface area contributed by atoms with Gasteiger partial charge in [0, 0.05) is 31.9 Å². The zero-order chi connectivity index (χ0) is 20.1. The maximum atomic E-state index is 12.1. The summed E-state index contributed by atoms with van der Waals surface area (Å²) in [4.78, 5) is 24.6. The zero-order valence-corrected chi connectivity index (χ0v) is 16.2. The van der Waals surface area contributed by atoms with Gasteiger partial charge in [-0.15, -0.1) is 5.10 Å². The number of rotatable bonds is 6. The van der Waals surface area contributed by atoms with Crippen LogP contribution in [0.5, 0.6) is 0 Å². The Morgan fingerprint density at radius 3 is 2.68 bits per heavy atom. The molecule has 9 heteroatoms. The number of benzene rings is 2. The summed E-state index contributed by atoms with van der Waals surface area (Å²) in [6.07, 6.45) is 2.00. The van der Waals surface area contributed by atoms with Gasteiger partial charge in [0.05, 0.1) is 16.4 Å². The van der Waals surface area contributed by atoms with Crippen LogP contribution in [0.4, 0.5) is 11.4 Å². The number of carbonyl (C=O) groups excluding carboxylic acids is 1. The quantitative estimate of drug-likeness (QED) is 0.459. The van der Waals surface area contributed by atoms with E-state index in [1.807, 2.05) is 43.3 Å². The molecule has 1 fully saturated rings. The van der Waals surface area contributed by atoms with Crippen LogP contribution in [0.2, 0.25) is 0 Å². The predicted molar refractivity (Wildman–Crippen MR) is 112 cm³/mol. The minimum Gasteiger partial charge on any atom is -0.378 e. The van der Waals surface area contributed by atoms with Gasteiger partial charge in [0.2, 0.25) is 5.91 Å². The standard InChI is InChI=1S/C19H19N5O3S/c1-23(2)15-8-6-13(7-9-15)12-20-22-19-21-18(25)17(28-19)11-14-4-3-5-16(10-14)24(26)27/h3-10,12,17H,11H2,1-2H3,(H,21,22,25)/b20-12-. The van der Waals surface area contributed by atoms with Crippen molar-refractivity contribution in [3.05, 3.63) is 69.8 Å². The Labute approximate surface area is 166 Å². The first-order valence-electron chi connectivity index (χ1n) is 8.51. The van der Waals surface area contributed by atoms with Crippen LogP contribution in [-0.4, -0.2) is 41.6 Å². The normalized spacial score (nSPS) is 17.9. The van der Waals surface area contributed by atoms with Crippen LogP contribution >= 0.6 is 11.8 Å². The van der Waals surface area contributed by atoms with E-state index in [9.17, 15) is 14.9 Å². The molecule has 1 N–H and O–H groups in total. The highest BCUT2D eigenvalue weighted by Gasteiger charge is 2.30. The average Bonchev–Trinajstić information content (AvgIpc) is 3.01. The number of nitrogens with zero attached hydrogens (tertiary/aromatic N) is 4. The molecular formula is C19H19N5O3S. The molecule has 1 atom stereocenters. The minimum absolute atomic E-state index is 0.0136. The molecule has 2 aromatic rings. The molecule has 1 unspecified atom stereocenters. The van der Waals surface area contributed by atoms with Gasteiger partial charge < -0.3 is 10.2 Å². The lowest BCUT2D eigenvalue weighted by atomic mass is 10.1. The largest absolute Gasteiger partial charge is 0.378 e. The summed E-state index contributed by atoms with van der Waals surface area (Å²) in [5, 5.41) is 21.7. The number of nitro benzene ring substituents is 1. The monoisotopic (exact) mass is 397 g/mol. The smallest absolute Gasteiger partial charge is 0.269 e. The van der Waals surface area contributed by atoms with Crippen LogP contribution < -0.4 is 10.2 Å². The van der Waals surface area contributed by atoms with Crippen LogP contribution in [0.3, 0.4) is 0 Å². The Kier molecular flexibility index (Phi) is 6.05. The number of nitro groups is 1. The van der Waals surface area contributed by atoms with Gasteiger partial charge in [-0.25, -0.2) is 0 Å². The fraction of sp³-hybridized carbons (Fsp3) is 0.211. The molecule has 1 aliphatic rings. The molecule has 0 aliphatic carbocycles. The maximum Gasteiger partial charge on any atom is 0.269 e. The number of hydrogen-bond acceptors (Lipinski definition) is 7. The van der Waals surface area contributed by atoms with Crippen molar-refractivity contribution in [3.63, 3.8) is 0 Å². The number of non-ortho nitro benzene ring substituents is 1. The lowest BCUT2D eigenvalue weighted by Gasteiger charge is -2.11. The second kappa shape index (κ2) is 8.66. The van der Waals surface area contributed by atoms with Crippen LogP contribution in [0.15, 0.2) is 58.7 Å². The van der Waals surface area contributed by atoms with Gasteiger partial charge >= 0.3 is 0 Å². The van der Waals surface area contributed by atoms with E-state index >= 15 is 0 Å². The SMILES string of the molecule is CN(C)c1ccc(/C=N\N=C2/NC(=O)C(Cc3cccc([N+](=O)[O-])c3)S2)cc1. The summed E-state index contributed by atoms with van der Waals surface area (Å²) >= 11 is 1.27. The third-order valence-electron chi connectivity index (χ3n) is 4.08. The van der Waals surface area contributed by atoms with Gasteiger partial charge in [-0.1, -0.05) is 36.0 Å². The molecule has 1 heterocycles. The number of amidine groups is 1. The van der Waals surface area contributed by atoms with E-state index in [2.05, 4.69) is 15.5 Å². The van der Waals surface area contributed by atoms with Crippen LogP contribution in [0, 0.1) is 10.1 Å². The third-order valence-corrected chi connectivity index (χ3v) is 5.16. The fourth-order valence-electron chi connectivity index (χ4n) is 2.60. The van der Waals surface area contributed by atoms with Gasteiger partial charge in [0.25, 0.3) is 5.69 Å². The number of hydrogen-bond donors (Lipinski definition) is 1. The summed E-state index contributed by atoms with van der Waals surface area (Å²) < 4.78 is 0. The van der Waals surface area contributed by atoms with Crippen LogP contribution in [-0.2, 0) is 11.2 Å². The van der Waals surface area contributed by atoms with Crippen molar-refractivity contribution in [1.29, 1.82) is 0 Å². The molecule has 144 valence electrons. The molecule has 0 spiro atoms. The van der Waals surface area contributed by atoms with Crippen LogP contribution in [0.25, 0.3) is 0 Å². The summed E-state index contributed by atoms with van der Waals surface area (Å²) in [7, 11) is 3.94. The number of carbonyl (C=O) groups is 1. The predicted octanol–water partition coefficient (Wildman–Crippen LogP) is 2.83. The van der Waals surface area contributed by atoms with Gasteiger partial charge in [-0.3, -0.25) is 14.9 Å². The average molecular weight is 397 g/mol. The molecule has 0 bridgehead atoms. The lowest BCUT2D eigenvalue weighted by molar-refractivity contribution is -0.384. The van der Waals surface area contributed by atoms with Crippen molar-refractivity contribution >= 4 is 40.4 Å². The fourth-order valence-corrected chi connectivity index (χ4v) is 3.57. The Morgan fingerprint density at radius 1 is 1.25 bits per heavy atom. The number of thioether (sulfide) groups is 1. The third kappa shape index (κ3) is 4.95. The molecule has 1 amide bonds. The molecule has 0 aromatic heterocycles. The maximum absolute atomic E-state index is 12.1. The van der Waals surface area contributed by atoms with E-state index in [0.717, 1.165) is 16.8 Å². The van der Waals surface area contributed by atoms with Gasteiger partial charge in [0.15, 0.2) is 5.17 Å². The second-order valence-electron chi connectivity index (χ2n) is 6.36. The first kappa shape index (κ1) is 19.6. The second-order valence-corrected chi connectivity index (χ2v) is 7.55. The van der Waals surface area contributed by atoms with Crippen LogP contribution in [0.1, 0.15) is 11.1 Å². The number of nitrogens with one attached hydrogen (secondary N) is 1. The van der Waals surface area contributed by atoms with Crippen molar-refractivity contribution in [2.75, 3.05) is 19.0 Å². The molecule has 0 saturated carbocycles. The highest BCUT2D eigenvalue weighted by atomic mass is 32.2. The highest BCUT2D eigenvalue weighted by molar-refractivity contribution is 8.15. The van der Waals surface area contributed by atoms with Gasteiger partial charge in [-0.2, -0.15) is 5.10 Å². The van der Waals surface area contributed by atoms with Crippen molar-refractivity contribution in [2.24, 2.45) is 10.2 Å². The van der Waals surface area contributed by atoms with E-state index in [0.29, 0.717) is 11.6 Å². The van der Waals surface area contributed by atoms with Crippen molar-refractivity contribution < 1.29 is 9.72 Å². The summed E-state index contributed by atoms with van der Waals surface area (Å²) in [6, 6.07) is 14.1. The van der Waals surface area contributed by atoms with Gasteiger partial charge in [-0.05, 0) is 29.7 Å². The molecule has 1 aliphatic heterocycles. The molecule has 28 heavy (non-hydrogen) atoms. The summed E-state index contributed by atoms with van der Waals surface area (Å²) in [6.45, 7) is 0. The van der Waals surface area contributed by atoms with E-state index in [1.54, 1.807) is 18.3 Å². The highest BCUT2D eigenvalue weighted by Crippen LogP contribution is 2.25. The van der Waals surface area contributed by atoms with Crippen molar-refractivity contribution in [3.8, 4) is 0 Å². The molecule has 0 radical (unpaired) electrons. The number of amides is 1. The topological polar surface area (TPSA) is 100 Å². The van der Waals surface area contributed by atoms with Crippen molar-refractivity contribution in [2.45, 2.75) is 11.7 Å². The van der Waals surface area contributed by atoms with Gasteiger partial charge in [0.1, 0.15) is 0 Å². The van der Waals surface area contributed by atoms with Crippen molar-refractivity contribution in [1.82, 2.24) is 5.32 Å². The molecule has 3 rings (SSSR count). The minimum atomic E-state index is -0.446. The Morgan fingerprint density at radius 2 is 2.00 bits per heavy atom. The molecule has 8 nitrogen and oxygen atoms in total. The Hall–Kier alpha value is -3.20. The summed E-state index contributed by atoms with van der Waals surface area (Å²) in [5.41, 5.74) is 2.73. The molecule has 1 saturated heterocycles. The molecule has 2 aromatic carbocycles. The van der Waals surface area contributed by atoms with E-state index in [4.69, 9.17) is 0 Å². The first-order valence-corrected chi connectivity index (χ1v) is 9.39. The van der Waals surface area contributed by atoms with E-state index in [1.165, 1.54) is 23.9 Å². The Bertz CT molecular complexity index is 941.